The summed E-state index contributed by atoms with van der Waals surface area (Å²) < 4.78 is 0. The van der Waals surface area contributed by atoms with Crippen LogP contribution in [0, 0.1) is 6.92 Å². The number of aryl methyl sites for hydroxylation is 1. The van der Waals surface area contributed by atoms with Crippen LogP contribution in [-0.2, 0) is 0 Å². The van der Waals surface area contributed by atoms with E-state index >= 15 is 0 Å². The zero-order chi connectivity index (χ0) is 14.7. The number of aromatic nitrogens is 1. The van der Waals surface area contributed by atoms with E-state index in [1.54, 1.807) is 6.20 Å². The molecule has 0 spiro atoms. The lowest BCUT2D eigenvalue weighted by molar-refractivity contribution is 0.102. The van der Waals surface area contributed by atoms with Crippen LogP contribution in [0.25, 0.3) is 11.1 Å². The lowest BCUT2D eigenvalue weighted by Crippen LogP contribution is -2.13. The van der Waals surface area contributed by atoms with E-state index in [1.807, 2.05) is 60.1 Å². The maximum absolute atomic E-state index is 12.3. The first kappa shape index (κ1) is 13.5. The molecule has 4 heteroatoms. The Morgan fingerprint density at radius 3 is 2.62 bits per heavy atom. The number of amides is 1. The zero-order valence-electron chi connectivity index (χ0n) is 11.5. The average molecular weight is 294 g/mol. The number of anilines is 1. The highest BCUT2D eigenvalue weighted by molar-refractivity contribution is 7.08. The summed E-state index contributed by atoms with van der Waals surface area (Å²) in [6.07, 6.45) is 1.68. The SMILES string of the molecule is Cc1cscc1C(=O)Nc1ncccc1-c1ccccc1. The van der Waals surface area contributed by atoms with Crippen molar-refractivity contribution in [2.24, 2.45) is 0 Å². The fraction of sp³-hybridized carbons (Fsp3) is 0.0588. The second-order valence-electron chi connectivity index (χ2n) is 4.69. The van der Waals surface area contributed by atoms with Crippen molar-refractivity contribution in [3.63, 3.8) is 0 Å². The van der Waals surface area contributed by atoms with E-state index in [-0.39, 0.29) is 5.91 Å². The minimum absolute atomic E-state index is 0.121. The largest absolute Gasteiger partial charge is 0.306 e. The van der Waals surface area contributed by atoms with E-state index in [9.17, 15) is 4.79 Å². The molecule has 2 aromatic heterocycles. The third-order valence-corrected chi connectivity index (χ3v) is 4.09. The fourth-order valence-electron chi connectivity index (χ4n) is 2.12. The molecule has 0 bridgehead atoms. The van der Waals surface area contributed by atoms with Gasteiger partial charge in [-0.05, 0) is 35.6 Å². The summed E-state index contributed by atoms with van der Waals surface area (Å²) in [6, 6.07) is 13.7. The van der Waals surface area contributed by atoms with Crippen molar-refractivity contribution >= 4 is 23.1 Å². The third-order valence-electron chi connectivity index (χ3n) is 3.22. The maximum Gasteiger partial charge on any atom is 0.257 e. The number of carbonyl (C=O) groups excluding carboxylic acids is 1. The second-order valence-corrected chi connectivity index (χ2v) is 5.43. The standard InChI is InChI=1S/C17H14N2OS/c1-12-10-21-11-15(12)17(20)19-16-14(8-5-9-18-16)13-6-3-2-4-7-13/h2-11H,1H3,(H,18,19,20). The Morgan fingerprint density at radius 1 is 1.10 bits per heavy atom. The Balaban J connectivity index is 1.94. The van der Waals surface area contributed by atoms with Crippen molar-refractivity contribution in [3.8, 4) is 11.1 Å². The first-order valence-corrected chi connectivity index (χ1v) is 7.54. The smallest absolute Gasteiger partial charge is 0.257 e. The van der Waals surface area contributed by atoms with Gasteiger partial charge in [0.05, 0.1) is 5.56 Å². The van der Waals surface area contributed by atoms with Gasteiger partial charge in [0.15, 0.2) is 0 Å². The fourth-order valence-corrected chi connectivity index (χ4v) is 2.95. The molecule has 0 saturated heterocycles. The number of pyridine rings is 1. The van der Waals surface area contributed by atoms with Gasteiger partial charge in [-0.3, -0.25) is 4.79 Å². The van der Waals surface area contributed by atoms with Crippen molar-refractivity contribution in [1.82, 2.24) is 4.98 Å². The van der Waals surface area contributed by atoms with Crippen LogP contribution in [0.5, 0.6) is 0 Å². The molecule has 1 aromatic carbocycles. The Hall–Kier alpha value is -2.46. The molecule has 2 heterocycles. The molecule has 0 atom stereocenters. The number of thiophene rings is 1. The van der Waals surface area contributed by atoms with Crippen molar-refractivity contribution in [3.05, 3.63) is 70.5 Å². The molecular weight excluding hydrogens is 280 g/mol. The van der Waals surface area contributed by atoms with Crippen molar-refractivity contribution in [1.29, 1.82) is 0 Å². The minimum atomic E-state index is -0.121. The van der Waals surface area contributed by atoms with Crippen LogP contribution in [0.2, 0.25) is 0 Å². The Morgan fingerprint density at radius 2 is 1.90 bits per heavy atom. The molecule has 3 aromatic rings. The van der Waals surface area contributed by atoms with Crippen molar-refractivity contribution in [2.45, 2.75) is 6.92 Å². The Bertz CT molecular complexity index is 765. The number of hydrogen-bond acceptors (Lipinski definition) is 3. The second kappa shape index (κ2) is 5.89. The Labute approximate surface area is 127 Å². The van der Waals surface area contributed by atoms with Crippen LogP contribution in [0.1, 0.15) is 15.9 Å². The normalized spacial score (nSPS) is 10.3. The van der Waals surface area contributed by atoms with E-state index < -0.39 is 0 Å². The predicted octanol–water partition coefficient (Wildman–Crippen LogP) is 4.37. The number of nitrogens with one attached hydrogen (secondary N) is 1. The van der Waals surface area contributed by atoms with Gasteiger partial charge >= 0.3 is 0 Å². The molecule has 3 rings (SSSR count). The molecular formula is C17H14N2OS. The number of nitrogens with zero attached hydrogens (tertiary/aromatic N) is 1. The van der Waals surface area contributed by atoms with Gasteiger partial charge in [0, 0.05) is 17.1 Å². The molecule has 21 heavy (non-hydrogen) atoms. The minimum Gasteiger partial charge on any atom is -0.306 e. The predicted molar refractivity (Wildman–Crippen MR) is 86.7 cm³/mol. The van der Waals surface area contributed by atoms with E-state index in [0.717, 1.165) is 16.7 Å². The van der Waals surface area contributed by atoms with Crippen LogP contribution in [0.3, 0.4) is 0 Å². The van der Waals surface area contributed by atoms with E-state index in [2.05, 4.69) is 10.3 Å². The van der Waals surface area contributed by atoms with E-state index in [0.29, 0.717) is 11.4 Å². The van der Waals surface area contributed by atoms with Gasteiger partial charge in [-0.2, -0.15) is 11.3 Å². The van der Waals surface area contributed by atoms with Crippen molar-refractivity contribution in [2.75, 3.05) is 5.32 Å². The van der Waals surface area contributed by atoms with E-state index in [1.165, 1.54) is 11.3 Å². The van der Waals surface area contributed by atoms with Crippen LogP contribution < -0.4 is 5.32 Å². The van der Waals surface area contributed by atoms with Crippen LogP contribution in [-0.4, -0.2) is 10.9 Å². The quantitative estimate of drug-likeness (QED) is 0.779. The highest BCUT2D eigenvalue weighted by Gasteiger charge is 2.13. The van der Waals surface area contributed by atoms with Gasteiger partial charge in [-0.15, -0.1) is 0 Å². The van der Waals surface area contributed by atoms with Crippen LogP contribution in [0.15, 0.2) is 59.4 Å². The lowest BCUT2D eigenvalue weighted by atomic mass is 10.1. The first-order valence-electron chi connectivity index (χ1n) is 6.60. The molecule has 0 aliphatic carbocycles. The summed E-state index contributed by atoms with van der Waals surface area (Å²) in [7, 11) is 0. The topological polar surface area (TPSA) is 42.0 Å². The Kier molecular flexibility index (Phi) is 3.79. The molecule has 0 aliphatic heterocycles. The summed E-state index contributed by atoms with van der Waals surface area (Å²) in [5.41, 5.74) is 3.63. The number of rotatable bonds is 3. The zero-order valence-corrected chi connectivity index (χ0v) is 12.4. The molecule has 104 valence electrons. The van der Waals surface area contributed by atoms with Gasteiger partial charge in [-0.25, -0.2) is 4.98 Å². The number of hydrogen-bond donors (Lipinski definition) is 1. The summed E-state index contributed by atoms with van der Waals surface area (Å²) in [4.78, 5) is 16.6. The van der Waals surface area contributed by atoms with Gasteiger partial charge in [-0.1, -0.05) is 30.3 Å². The number of carbonyl (C=O) groups is 1. The van der Waals surface area contributed by atoms with Gasteiger partial charge in [0.2, 0.25) is 0 Å². The molecule has 0 unspecified atom stereocenters. The first-order chi connectivity index (χ1) is 10.3. The van der Waals surface area contributed by atoms with Gasteiger partial charge in [0.1, 0.15) is 5.82 Å². The molecule has 0 fully saturated rings. The average Bonchev–Trinajstić information content (AvgIpc) is 2.95. The summed E-state index contributed by atoms with van der Waals surface area (Å²) in [5.74, 6) is 0.462. The highest BCUT2D eigenvalue weighted by atomic mass is 32.1. The maximum atomic E-state index is 12.3. The molecule has 0 radical (unpaired) electrons. The number of benzene rings is 1. The van der Waals surface area contributed by atoms with Gasteiger partial charge < -0.3 is 5.32 Å². The molecule has 0 saturated carbocycles. The van der Waals surface area contributed by atoms with Crippen molar-refractivity contribution < 1.29 is 4.79 Å². The lowest BCUT2D eigenvalue weighted by Gasteiger charge is -2.10. The molecule has 1 N–H and O–H groups in total. The molecule has 0 aliphatic rings. The highest BCUT2D eigenvalue weighted by Crippen LogP contribution is 2.26. The van der Waals surface area contributed by atoms with Crippen LogP contribution >= 0.6 is 11.3 Å². The molecule has 1 amide bonds. The van der Waals surface area contributed by atoms with Crippen LogP contribution in [0.4, 0.5) is 5.82 Å². The summed E-state index contributed by atoms with van der Waals surface area (Å²) >= 11 is 1.52. The molecule has 3 nitrogen and oxygen atoms in total. The van der Waals surface area contributed by atoms with E-state index in [4.69, 9.17) is 0 Å². The summed E-state index contributed by atoms with van der Waals surface area (Å²) in [5, 5.41) is 6.73. The third kappa shape index (κ3) is 2.85. The summed E-state index contributed by atoms with van der Waals surface area (Å²) in [6.45, 7) is 1.93. The monoisotopic (exact) mass is 294 g/mol. The van der Waals surface area contributed by atoms with Gasteiger partial charge in [0.25, 0.3) is 5.91 Å².